The van der Waals surface area contributed by atoms with E-state index in [-0.39, 0.29) is 24.7 Å². The number of carbonyl (C=O) groups is 1. The van der Waals surface area contributed by atoms with Gasteiger partial charge in [-0.1, -0.05) is 12.1 Å². The van der Waals surface area contributed by atoms with Crippen molar-refractivity contribution in [2.24, 2.45) is 7.05 Å². The van der Waals surface area contributed by atoms with Crippen molar-refractivity contribution in [3.05, 3.63) is 64.7 Å². The molecule has 0 aliphatic heterocycles. The Morgan fingerprint density at radius 2 is 2.08 bits per heavy atom. The van der Waals surface area contributed by atoms with Crippen LogP contribution in [0.15, 0.2) is 53.5 Å². The minimum absolute atomic E-state index is 0.238. The molecule has 0 spiro atoms. The Kier molecular flexibility index (Phi) is 5.12. The van der Waals surface area contributed by atoms with E-state index in [1.165, 1.54) is 9.25 Å². The fourth-order valence-electron chi connectivity index (χ4n) is 2.49. The lowest BCUT2D eigenvalue weighted by atomic mass is 10.2. The van der Waals surface area contributed by atoms with E-state index in [0.717, 1.165) is 0 Å². The summed E-state index contributed by atoms with van der Waals surface area (Å²) in [4.78, 5) is 28.7. The van der Waals surface area contributed by atoms with Gasteiger partial charge in [0.05, 0.1) is 13.7 Å². The van der Waals surface area contributed by atoms with Gasteiger partial charge in [0.1, 0.15) is 11.4 Å². The lowest BCUT2D eigenvalue weighted by molar-refractivity contribution is 0.0951. The highest BCUT2D eigenvalue weighted by Crippen LogP contribution is 2.12. The Labute approximate surface area is 150 Å². The van der Waals surface area contributed by atoms with Crippen molar-refractivity contribution in [2.75, 3.05) is 13.7 Å². The maximum Gasteiger partial charge on any atom is 0.346 e. The quantitative estimate of drug-likeness (QED) is 0.716. The number of nitrogens with zero attached hydrogens (tertiary/aromatic N) is 4. The Bertz CT molecular complexity index is 962. The first-order valence-corrected chi connectivity index (χ1v) is 8.07. The number of hydrogen-bond acceptors (Lipinski definition) is 5. The molecule has 0 aliphatic rings. The summed E-state index contributed by atoms with van der Waals surface area (Å²) in [6.07, 6.45) is 1.65. The third-order valence-corrected chi connectivity index (χ3v) is 3.88. The molecular weight excluding hydrogens is 334 g/mol. The van der Waals surface area contributed by atoms with Crippen LogP contribution < -0.4 is 15.7 Å². The van der Waals surface area contributed by atoms with Crippen LogP contribution in [0.5, 0.6) is 5.75 Å². The van der Waals surface area contributed by atoms with Gasteiger partial charge in [-0.3, -0.25) is 14.3 Å². The van der Waals surface area contributed by atoms with Crippen molar-refractivity contribution in [1.82, 2.24) is 24.6 Å². The molecule has 0 aliphatic carbocycles. The SMILES string of the molecule is COc1cccc(C(=O)NCCn2nc(-c3ccccn3)n(C)c2=O)c1. The summed E-state index contributed by atoms with van der Waals surface area (Å²) in [5.74, 6) is 0.853. The van der Waals surface area contributed by atoms with Crippen LogP contribution in [0, 0.1) is 0 Å². The Balaban J connectivity index is 1.67. The minimum Gasteiger partial charge on any atom is -0.497 e. The molecule has 134 valence electrons. The van der Waals surface area contributed by atoms with Gasteiger partial charge in [0.15, 0.2) is 5.82 Å². The normalized spacial score (nSPS) is 10.5. The molecule has 3 rings (SSSR count). The number of aromatic nitrogens is 4. The lowest BCUT2D eigenvalue weighted by Crippen LogP contribution is -2.31. The first-order chi connectivity index (χ1) is 12.6. The van der Waals surface area contributed by atoms with Gasteiger partial charge in [-0.05, 0) is 30.3 Å². The summed E-state index contributed by atoms with van der Waals surface area (Å²) in [5.41, 5.74) is 0.847. The van der Waals surface area contributed by atoms with Gasteiger partial charge in [0.2, 0.25) is 0 Å². The van der Waals surface area contributed by atoms with Gasteiger partial charge >= 0.3 is 5.69 Å². The zero-order valence-electron chi connectivity index (χ0n) is 14.5. The lowest BCUT2D eigenvalue weighted by Gasteiger charge is -2.06. The van der Waals surface area contributed by atoms with E-state index >= 15 is 0 Å². The molecular formula is C18H19N5O3. The largest absolute Gasteiger partial charge is 0.497 e. The second-order valence-electron chi connectivity index (χ2n) is 5.59. The summed E-state index contributed by atoms with van der Waals surface area (Å²) in [6.45, 7) is 0.532. The van der Waals surface area contributed by atoms with E-state index in [0.29, 0.717) is 22.8 Å². The number of benzene rings is 1. The minimum atomic E-state index is -0.263. The van der Waals surface area contributed by atoms with Crippen LogP contribution in [0.25, 0.3) is 11.5 Å². The molecule has 1 aromatic carbocycles. The number of ether oxygens (including phenoxy) is 1. The highest BCUT2D eigenvalue weighted by molar-refractivity contribution is 5.94. The number of rotatable bonds is 6. The van der Waals surface area contributed by atoms with Crippen molar-refractivity contribution in [3.63, 3.8) is 0 Å². The number of nitrogens with one attached hydrogen (secondary N) is 1. The third-order valence-electron chi connectivity index (χ3n) is 3.88. The average Bonchev–Trinajstić information content (AvgIpc) is 2.97. The van der Waals surface area contributed by atoms with E-state index in [4.69, 9.17) is 4.74 Å². The molecule has 26 heavy (non-hydrogen) atoms. The number of carbonyl (C=O) groups excluding carboxylic acids is 1. The van der Waals surface area contributed by atoms with E-state index in [1.54, 1.807) is 56.8 Å². The first kappa shape index (κ1) is 17.4. The van der Waals surface area contributed by atoms with Gasteiger partial charge in [-0.2, -0.15) is 0 Å². The van der Waals surface area contributed by atoms with Crippen LogP contribution >= 0.6 is 0 Å². The van der Waals surface area contributed by atoms with Crippen molar-refractivity contribution >= 4 is 5.91 Å². The zero-order chi connectivity index (χ0) is 18.5. The van der Waals surface area contributed by atoms with Gasteiger partial charge in [0, 0.05) is 25.4 Å². The number of amides is 1. The highest BCUT2D eigenvalue weighted by Gasteiger charge is 2.13. The van der Waals surface area contributed by atoms with E-state index in [2.05, 4.69) is 15.4 Å². The number of hydrogen-bond donors (Lipinski definition) is 1. The average molecular weight is 353 g/mol. The van der Waals surface area contributed by atoms with Crippen molar-refractivity contribution < 1.29 is 9.53 Å². The standard InChI is InChI=1S/C18H19N5O3/c1-22-16(15-8-3-4-9-19-15)21-23(18(22)25)11-10-20-17(24)13-6-5-7-14(12-13)26-2/h3-9,12H,10-11H2,1-2H3,(H,20,24). The van der Waals surface area contributed by atoms with Crippen LogP contribution in [0.1, 0.15) is 10.4 Å². The molecule has 1 amide bonds. The van der Waals surface area contributed by atoms with Gasteiger partial charge in [-0.15, -0.1) is 5.10 Å². The Morgan fingerprint density at radius 1 is 1.23 bits per heavy atom. The second kappa shape index (κ2) is 7.64. The van der Waals surface area contributed by atoms with Gasteiger partial charge in [0.25, 0.3) is 5.91 Å². The summed E-state index contributed by atoms with van der Waals surface area (Å²) in [6, 6.07) is 12.3. The molecule has 0 atom stereocenters. The van der Waals surface area contributed by atoms with Crippen LogP contribution in [-0.4, -0.2) is 38.9 Å². The molecule has 2 aromatic heterocycles. The smallest absolute Gasteiger partial charge is 0.346 e. The maximum absolute atomic E-state index is 12.3. The second-order valence-corrected chi connectivity index (χ2v) is 5.59. The highest BCUT2D eigenvalue weighted by atomic mass is 16.5. The molecule has 0 unspecified atom stereocenters. The summed E-state index contributed by atoms with van der Waals surface area (Å²) in [5, 5.41) is 7.09. The molecule has 8 nitrogen and oxygen atoms in total. The molecule has 2 heterocycles. The molecule has 1 N–H and O–H groups in total. The topological polar surface area (TPSA) is 91.0 Å². The van der Waals surface area contributed by atoms with Gasteiger partial charge < -0.3 is 10.1 Å². The Hall–Kier alpha value is -3.42. The molecule has 0 saturated heterocycles. The van der Waals surface area contributed by atoms with Crippen LogP contribution in [0.3, 0.4) is 0 Å². The summed E-state index contributed by atoms with van der Waals surface area (Å²) >= 11 is 0. The van der Waals surface area contributed by atoms with Crippen molar-refractivity contribution in [3.8, 4) is 17.3 Å². The summed E-state index contributed by atoms with van der Waals surface area (Å²) < 4.78 is 7.86. The molecule has 0 bridgehead atoms. The fourth-order valence-corrected chi connectivity index (χ4v) is 2.49. The first-order valence-electron chi connectivity index (χ1n) is 8.07. The molecule has 8 heteroatoms. The van der Waals surface area contributed by atoms with Crippen LogP contribution in [0.2, 0.25) is 0 Å². The third kappa shape index (κ3) is 3.64. The fraction of sp³-hybridized carbons (Fsp3) is 0.222. The van der Waals surface area contributed by atoms with Crippen LogP contribution in [-0.2, 0) is 13.6 Å². The van der Waals surface area contributed by atoms with E-state index in [1.807, 2.05) is 6.07 Å². The van der Waals surface area contributed by atoms with Crippen molar-refractivity contribution in [1.29, 1.82) is 0 Å². The molecule has 0 fully saturated rings. The molecule has 0 saturated carbocycles. The predicted molar refractivity (Wildman–Crippen MR) is 96.0 cm³/mol. The van der Waals surface area contributed by atoms with E-state index < -0.39 is 0 Å². The molecule has 3 aromatic rings. The number of methoxy groups -OCH3 is 1. The predicted octanol–water partition coefficient (Wildman–Crippen LogP) is 1.08. The van der Waals surface area contributed by atoms with Gasteiger partial charge in [-0.25, -0.2) is 9.48 Å². The monoisotopic (exact) mass is 353 g/mol. The molecule has 0 radical (unpaired) electrons. The zero-order valence-corrected chi connectivity index (χ0v) is 14.5. The van der Waals surface area contributed by atoms with Crippen molar-refractivity contribution in [2.45, 2.75) is 6.54 Å². The Morgan fingerprint density at radius 3 is 2.81 bits per heavy atom. The summed E-state index contributed by atoms with van der Waals surface area (Å²) in [7, 11) is 3.19. The number of pyridine rings is 1. The van der Waals surface area contributed by atoms with E-state index in [9.17, 15) is 9.59 Å². The van der Waals surface area contributed by atoms with Crippen LogP contribution in [0.4, 0.5) is 0 Å². The maximum atomic E-state index is 12.3.